The zero-order valence-corrected chi connectivity index (χ0v) is 22.1. The van der Waals surface area contributed by atoms with Crippen LogP contribution in [0.25, 0.3) is 27.3 Å². The van der Waals surface area contributed by atoms with Gasteiger partial charge in [0.2, 0.25) is 5.88 Å². The van der Waals surface area contributed by atoms with Gasteiger partial charge in [0, 0.05) is 11.5 Å². The van der Waals surface area contributed by atoms with Crippen LogP contribution < -0.4 is 4.84 Å². The Kier molecular flexibility index (Phi) is 8.42. The average Bonchev–Trinajstić information content (AvgIpc) is 2.72. The topological polar surface area (TPSA) is 48.6 Å². The number of hydrogen-bond acceptors (Lipinski definition) is 3. The molecule has 0 saturated carbocycles. The number of hydrogen-bond donors (Lipinski definition) is 0. The van der Waals surface area contributed by atoms with Crippen molar-refractivity contribution in [3.05, 3.63) is 77.8 Å². The van der Waals surface area contributed by atoms with Gasteiger partial charge in [0.05, 0.1) is 5.71 Å². The molecule has 1 aromatic heterocycles. The monoisotopic (exact) mass is 608 g/mol. The average molecular weight is 609 g/mol. The van der Waals surface area contributed by atoms with E-state index in [4.69, 9.17) is 9.82 Å². The first-order valence-electron chi connectivity index (χ1n) is 10.5. The van der Waals surface area contributed by atoms with Crippen LogP contribution >= 0.6 is 0 Å². The summed E-state index contributed by atoms with van der Waals surface area (Å²) < 4.78 is 0. The van der Waals surface area contributed by atoms with Gasteiger partial charge in [0.25, 0.3) is 0 Å². The summed E-state index contributed by atoms with van der Waals surface area (Å²) in [5, 5.41) is 11.1. The minimum absolute atomic E-state index is 0. The number of benzene rings is 2. The van der Waals surface area contributed by atoms with Gasteiger partial charge in [-0.05, 0) is 21.9 Å². The molecule has 0 unspecified atom stereocenters. The molecule has 0 amide bonds. The van der Waals surface area contributed by atoms with E-state index in [9.17, 15) is 0 Å². The predicted octanol–water partition coefficient (Wildman–Crippen LogP) is 7.41. The Morgan fingerprint density at radius 3 is 2.28 bits per heavy atom. The molecule has 1 heterocycles. The first kappa shape index (κ1) is 25.8. The fourth-order valence-electron chi connectivity index (χ4n) is 3.19. The van der Waals surface area contributed by atoms with Crippen molar-refractivity contribution >= 4 is 16.5 Å². The van der Waals surface area contributed by atoms with Gasteiger partial charge < -0.3 is 10.2 Å². The third kappa shape index (κ3) is 6.29. The molecule has 0 bridgehead atoms. The maximum absolute atomic E-state index is 5.90. The van der Waals surface area contributed by atoms with Gasteiger partial charge >= 0.3 is 21.1 Å². The molecule has 0 radical (unpaired) electrons. The number of pyridine rings is 1. The zero-order chi connectivity index (χ0) is 22.6. The first-order chi connectivity index (χ1) is 14.6. The van der Waals surface area contributed by atoms with Crippen LogP contribution in [-0.4, -0.2) is 17.7 Å². The summed E-state index contributed by atoms with van der Waals surface area (Å²) in [6, 6.07) is 21.2. The molecule has 0 aliphatic carbocycles. The Labute approximate surface area is 206 Å². The fraction of sp³-hybridized carbons (Fsp3) is 0.333. The maximum Gasteiger partial charge on any atom is 2.00 e. The summed E-state index contributed by atoms with van der Waals surface area (Å²) >= 11 is 0. The summed E-state index contributed by atoms with van der Waals surface area (Å²) in [6.45, 7) is 12.8. The van der Waals surface area contributed by atoms with Crippen LogP contribution in [-0.2, 0) is 21.1 Å². The molecule has 0 fully saturated rings. The zero-order valence-electron chi connectivity index (χ0n) is 19.8. The van der Waals surface area contributed by atoms with E-state index in [1.165, 1.54) is 0 Å². The molecular formula is C27H31N3OPt. The van der Waals surface area contributed by atoms with Crippen molar-refractivity contribution in [2.24, 2.45) is 16.0 Å². The number of allylic oxidation sites excluding steroid dienone is 2. The van der Waals surface area contributed by atoms with Crippen molar-refractivity contribution in [3.63, 3.8) is 0 Å². The quantitative estimate of drug-likeness (QED) is 0.172. The van der Waals surface area contributed by atoms with E-state index in [0.717, 1.165) is 33.4 Å². The standard InChI is InChI=1S/C27H31N3O.Pt/c1-26(2,3)22(28-7)18-23(27(4,5)6)30-31-24-17-20-15-11-12-16-21(20)25(29-24)19-13-9-8-10-14-19;/h8-13,15-18H,1-7H3;/q-2;+2/b22-18-,30-23-;. The van der Waals surface area contributed by atoms with E-state index >= 15 is 0 Å². The van der Waals surface area contributed by atoms with E-state index in [1.54, 1.807) is 0 Å². The Morgan fingerprint density at radius 1 is 1.00 bits per heavy atom. The largest absolute Gasteiger partial charge is 2.00 e. The number of rotatable bonds is 5. The minimum Gasteiger partial charge on any atom is -0.690 e. The number of nitrogens with zero attached hydrogens (tertiary/aromatic N) is 3. The van der Waals surface area contributed by atoms with E-state index in [0.29, 0.717) is 5.88 Å². The van der Waals surface area contributed by atoms with Gasteiger partial charge in [-0.3, -0.25) is 4.98 Å². The molecule has 3 aromatic rings. The molecule has 0 N–H and O–H groups in total. The first-order valence-corrected chi connectivity index (χ1v) is 10.5. The molecule has 0 atom stereocenters. The summed E-state index contributed by atoms with van der Waals surface area (Å²) in [4.78, 5) is 10.7. The van der Waals surface area contributed by atoms with Crippen LogP contribution in [0.2, 0.25) is 0 Å². The maximum atomic E-state index is 5.90. The van der Waals surface area contributed by atoms with E-state index in [-0.39, 0.29) is 31.9 Å². The van der Waals surface area contributed by atoms with Crippen LogP contribution in [0.3, 0.4) is 0 Å². The van der Waals surface area contributed by atoms with Gasteiger partial charge in [0.15, 0.2) is 0 Å². The number of oxime groups is 1. The Hall–Kier alpha value is -2.45. The summed E-state index contributed by atoms with van der Waals surface area (Å²) in [6.07, 6.45) is 2.02. The Balaban J connectivity index is 0.00000363. The third-order valence-corrected chi connectivity index (χ3v) is 4.97. The number of fused-ring (bicyclic) bond motifs is 1. The SMILES string of the molecule is C[N-]/C(=C\C(=N\Oc1cc2ccccc2c(-c2[c-]cccc2)n1)C(C)(C)C)C(C)(C)C.[Pt+2]. The Morgan fingerprint density at radius 2 is 1.69 bits per heavy atom. The van der Waals surface area contributed by atoms with Crippen LogP contribution in [0, 0.1) is 16.9 Å². The molecule has 0 aliphatic rings. The molecule has 0 saturated heterocycles. The molecule has 3 rings (SSSR count). The summed E-state index contributed by atoms with van der Waals surface area (Å²) in [5.74, 6) is 0.451. The van der Waals surface area contributed by atoms with Gasteiger partial charge in [-0.15, -0.1) is 42.9 Å². The molecule has 4 nitrogen and oxygen atoms in total. The second-order valence-corrected chi connectivity index (χ2v) is 9.63. The smallest absolute Gasteiger partial charge is 0.690 e. The van der Waals surface area contributed by atoms with Gasteiger partial charge in [-0.25, -0.2) is 0 Å². The fourth-order valence-corrected chi connectivity index (χ4v) is 3.19. The third-order valence-electron chi connectivity index (χ3n) is 4.97. The molecule has 2 aromatic carbocycles. The molecule has 0 spiro atoms. The van der Waals surface area contributed by atoms with E-state index in [2.05, 4.69) is 70.2 Å². The predicted molar refractivity (Wildman–Crippen MR) is 130 cm³/mol. The molecule has 0 aliphatic heterocycles. The van der Waals surface area contributed by atoms with Crippen molar-refractivity contribution in [1.82, 2.24) is 4.98 Å². The Bertz CT molecular complexity index is 1110. The van der Waals surface area contributed by atoms with E-state index in [1.807, 2.05) is 55.6 Å². The molecule has 170 valence electrons. The molecular weight excluding hydrogens is 577 g/mol. The second-order valence-electron chi connectivity index (χ2n) is 9.63. The van der Waals surface area contributed by atoms with Crippen LogP contribution in [0.5, 0.6) is 5.88 Å². The second kappa shape index (κ2) is 10.4. The van der Waals surface area contributed by atoms with Crippen LogP contribution in [0.4, 0.5) is 0 Å². The van der Waals surface area contributed by atoms with Gasteiger partial charge in [-0.1, -0.05) is 77.0 Å². The summed E-state index contributed by atoms with van der Waals surface area (Å²) in [7, 11) is 1.81. The normalized spacial score (nSPS) is 13.0. The van der Waals surface area contributed by atoms with Crippen LogP contribution in [0.1, 0.15) is 41.5 Å². The molecule has 32 heavy (non-hydrogen) atoms. The van der Waals surface area contributed by atoms with Crippen molar-refractivity contribution in [3.8, 4) is 17.1 Å². The van der Waals surface area contributed by atoms with Gasteiger partial charge in [0.1, 0.15) is 0 Å². The van der Waals surface area contributed by atoms with Crippen molar-refractivity contribution in [2.45, 2.75) is 41.5 Å². The summed E-state index contributed by atoms with van der Waals surface area (Å²) in [5.41, 5.74) is 3.23. The minimum atomic E-state index is -0.214. The van der Waals surface area contributed by atoms with Crippen LogP contribution in [0.15, 0.2) is 71.5 Å². The van der Waals surface area contributed by atoms with Crippen molar-refractivity contribution < 1.29 is 25.9 Å². The number of aromatic nitrogens is 1. The molecule has 5 heteroatoms. The van der Waals surface area contributed by atoms with Crippen molar-refractivity contribution in [2.75, 3.05) is 7.05 Å². The van der Waals surface area contributed by atoms with E-state index < -0.39 is 0 Å². The van der Waals surface area contributed by atoms with Gasteiger partial charge in [-0.2, -0.15) is 5.70 Å². The van der Waals surface area contributed by atoms with Crippen molar-refractivity contribution in [1.29, 1.82) is 0 Å².